The van der Waals surface area contributed by atoms with Crippen molar-refractivity contribution < 1.29 is 22.3 Å². The van der Waals surface area contributed by atoms with Crippen molar-refractivity contribution in [3.8, 4) is 17.6 Å². The predicted octanol–water partition coefficient (Wildman–Crippen LogP) is 5.36. The van der Waals surface area contributed by atoms with Gasteiger partial charge in [0.05, 0.1) is 5.56 Å². The number of halogens is 4. The second-order valence-corrected chi connectivity index (χ2v) is 5.42. The van der Waals surface area contributed by atoms with Crippen LogP contribution in [0.5, 0.6) is 5.75 Å². The molecule has 0 radical (unpaired) electrons. The average Bonchev–Trinajstić information content (AvgIpc) is 2.63. The van der Waals surface area contributed by atoms with Gasteiger partial charge in [-0.2, -0.15) is 4.39 Å². The largest absolute Gasteiger partial charge is 0.483 e. The second-order valence-electron chi connectivity index (χ2n) is 5.42. The fraction of sp³-hybridized carbons (Fsp3) is 0.0476. The van der Waals surface area contributed by atoms with Gasteiger partial charge in [-0.3, -0.25) is 0 Å². The third-order valence-electron chi connectivity index (χ3n) is 3.61. The Morgan fingerprint density at radius 1 is 0.885 bits per heavy atom. The lowest BCUT2D eigenvalue weighted by Crippen LogP contribution is -2.03. The molecule has 26 heavy (non-hydrogen) atoms. The fourth-order valence-corrected chi connectivity index (χ4v) is 2.38. The average molecular weight is 356 g/mol. The zero-order chi connectivity index (χ0) is 18.7. The first-order valence-corrected chi connectivity index (χ1v) is 7.62. The molecule has 0 aliphatic heterocycles. The summed E-state index contributed by atoms with van der Waals surface area (Å²) < 4.78 is 59.9. The van der Waals surface area contributed by atoms with Gasteiger partial charge in [-0.15, -0.1) is 0 Å². The van der Waals surface area contributed by atoms with E-state index in [0.717, 1.165) is 11.5 Å². The Labute approximate surface area is 147 Å². The molecule has 0 amide bonds. The van der Waals surface area contributed by atoms with E-state index in [1.54, 1.807) is 24.3 Å². The van der Waals surface area contributed by atoms with E-state index in [2.05, 4.69) is 18.4 Å². The van der Waals surface area contributed by atoms with Crippen molar-refractivity contribution in [3.05, 3.63) is 89.5 Å². The van der Waals surface area contributed by atoms with Gasteiger partial charge in [0.25, 0.3) is 0 Å². The summed E-state index contributed by atoms with van der Waals surface area (Å²) >= 11 is 0. The molecule has 0 spiro atoms. The van der Waals surface area contributed by atoms with Gasteiger partial charge >= 0.3 is 0 Å². The molecule has 5 heteroatoms. The van der Waals surface area contributed by atoms with Crippen LogP contribution in [0, 0.1) is 35.1 Å². The first-order chi connectivity index (χ1) is 12.5. The molecular weight excluding hydrogens is 344 g/mol. The summed E-state index contributed by atoms with van der Waals surface area (Å²) in [5.41, 5.74) is 0.0708. The van der Waals surface area contributed by atoms with Crippen LogP contribution in [0.4, 0.5) is 17.6 Å². The van der Waals surface area contributed by atoms with Crippen molar-refractivity contribution in [3.63, 3.8) is 0 Å². The molecule has 0 saturated heterocycles. The number of ether oxygens (including phenoxy) is 1. The molecule has 1 nitrogen and oxygen atoms in total. The van der Waals surface area contributed by atoms with E-state index in [0.29, 0.717) is 10.9 Å². The molecule has 130 valence electrons. The Morgan fingerprint density at radius 3 is 2.38 bits per heavy atom. The van der Waals surface area contributed by atoms with Crippen LogP contribution in [0.15, 0.2) is 55.1 Å². The van der Waals surface area contributed by atoms with E-state index in [1.165, 1.54) is 18.2 Å². The second kappa shape index (κ2) is 7.32. The lowest BCUT2D eigenvalue weighted by Gasteiger charge is -2.07. The monoisotopic (exact) mass is 356 g/mol. The lowest BCUT2D eigenvalue weighted by atomic mass is 10.1. The molecule has 3 aromatic rings. The van der Waals surface area contributed by atoms with Crippen LogP contribution in [0.1, 0.15) is 11.1 Å². The minimum absolute atomic E-state index is 0.157. The third-order valence-corrected chi connectivity index (χ3v) is 3.61. The van der Waals surface area contributed by atoms with Gasteiger partial charge in [0.15, 0.2) is 17.4 Å². The number of rotatable bonds is 3. The van der Waals surface area contributed by atoms with Crippen molar-refractivity contribution in [2.45, 2.75) is 0 Å². The molecule has 0 atom stereocenters. The molecule has 0 heterocycles. The molecule has 0 N–H and O–H groups in total. The zero-order valence-corrected chi connectivity index (χ0v) is 13.5. The van der Waals surface area contributed by atoms with E-state index in [1.807, 2.05) is 0 Å². The van der Waals surface area contributed by atoms with Crippen LogP contribution in [0.25, 0.3) is 10.8 Å². The number of benzene rings is 3. The maximum atomic E-state index is 14.1. The Morgan fingerprint density at radius 2 is 1.62 bits per heavy atom. The highest BCUT2D eigenvalue weighted by Gasteiger charge is 2.19. The van der Waals surface area contributed by atoms with Gasteiger partial charge < -0.3 is 4.74 Å². The summed E-state index contributed by atoms with van der Waals surface area (Å²) in [6.07, 6.45) is 1.29. The fourth-order valence-electron chi connectivity index (χ4n) is 2.38. The number of hydrogen-bond acceptors (Lipinski definition) is 1. The Balaban J connectivity index is 1.97. The van der Waals surface area contributed by atoms with Crippen LogP contribution in [-0.2, 0) is 0 Å². The van der Waals surface area contributed by atoms with Crippen molar-refractivity contribution in [1.82, 2.24) is 0 Å². The van der Waals surface area contributed by atoms with Crippen LogP contribution >= 0.6 is 0 Å². The summed E-state index contributed by atoms with van der Waals surface area (Å²) in [4.78, 5) is 0. The van der Waals surface area contributed by atoms with Gasteiger partial charge in [0.2, 0.25) is 5.82 Å². The summed E-state index contributed by atoms with van der Waals surface area (Å²) in [7, 11) is 0. The molecule has 0 aliphatic carbocycles. The van der Waals surface area contributed by atoms with E-state index >= 15 is 0 Å². The smallest absolute Gasteiger partial charge is 0.205 e. The first-order valence-electron chi connectivity index (χ1n) is 7.62. The Kier molecular flexibility index (Phi) is 4.94. The Bertz CT molecular complexity index is 1060. The highest BCUT2D eigenvalue weighted by atomic mass is 19.2. The van der Waals surface area contributed by atoms with Crippen molar-refractivity contribution in [2.24, 2.45) is 0 Å². The molecule has 0 unspecified atom stereocenters. The van der Waals surface area contributed by atoms with Crippen LogP contribution in [0.3, 0.4) is 0 Å². The van der Waals surface area contributed by atoms with Crippen molar-refractivity contribution >= 4 is 10.8 Å². The lowest BCUT2D eigenvalue weighted by molar-refractivity contribution is 0.311. The highest BCUT2D eigenvalue weighted by molar-refractivity contribution is 5.84. The molecule has 0 bridgehead atoms. The number of fused-ring (bicyclic) bond motifs is 1. The summed E-state index contributed by atoms with van der Waals surface area (Å²) in [6.45, 7) is 3.20. The highest BCUT2D eigenvalue weighted by Crippen LogP contribution is 2.26. The van der Waals surface area contributed by atoms with Gasteiger partial charge in [-0.25, -0.2) is 13.2 Å². The molecule has 0 saturated carbocycles. The van der Waals surface area contributed by atoms with E-state index in [4.69, 9.17) is 4.74 Å². The molecule has 3 aromatic carbocycles. The van der Waals surface area contributed by atoms with Crippen LogP contribution in [-0.4, -0.2) is 6.61 Å². The van der Waals surface area contributed by atoms with Crippen LogP contribution < -0.4 is 4.74 Å². The molecular formula is C21H12F4O. The first kappa shape index (κ1) is 17.6. The number of hydrogen-bond donors (Lipinski definition) is 0. The van der Waals surface area contributed by atoms with Crippen molar-refractivity contribution in [2.75, 3.05) is 6.61 Å². The SMILES string of the molecule is C=CCOc1c(F)cc(C#Cc2ccc3cc(F)ccc3c2)c(F)c1F. The third kappa shape index (κ3) is 3.55. The summed E-state index contributed by atoms with van der Waals surface area (Å²) in [5.74, 6) is 0.121. The molecule has 0 fully saturated rings. The maximum Gasteiger partial charge on any atom is 0.205 e. The molecule has 0 aromatic heterocycles. The van der Waals surface area contributed by atoms with Gasteiger partial charge in [-0.05, 0) is 41.1 Å². The minimum Gasteiger partial charge on any atom is -0.483 e. The summed E-state index contributed by atoms with van der Waals surface area (Å²) in [6, 6.07) is 9.99. The maximum absolute atomic E-state index is 14.1. The molecule has 3 rings (SSSR count). The van der Waals surface area contributed by atoms with Crippen LogP contribution in [0.2, 0.25) is 0 Å². The predicted molar refractivity (Wildman–Crippen MR) is 91.9 cm³/mol. The molecule has 0 aliphatic rings. The van der Waals surface area contributed by atoms with Gasteiger partial charge in [0.1, 0.15) is 12.4 Å². The standard InChI is InChI=1S/C21H12F4O/c1-2-9-26-21-18(23)12-16(19(24)20(21)25)6-4-13-3-5-15-11-17(22)8-7-14(15)10-13/h2-3,5,7-8,10-12H,1,9H2. The quantitative estimate of drug-likeness (QED) is 0.266. The minimum atomic E-state index is -1.44. The topological polar surface area (TPSA) is 9.23 Å². The van der Waals surface area contributed by atoms with Crippen molar-refractivity contribution in [1.29, 1.82) is 0 Å². The summed E-state index contributed by atoms with van der Waals surface area (Å²) in [5, 5.41) is 1.42. The van der Waals surface area contributed by atoms with E-state index in [-0.39, 0.29) is 12.4 Å². The Hall–Kier alpha value is -3.26. The van der Waals surface area contributed by atoms with Gasteiger partial charge in [-0.1, -0.05) is 36.6 Å². The van der Waals surface area contributed by atoms with E-state index in [9.17, 15) is 17.6 Å². The normalized spacial score (nSPS) is 10.3. The van der Waals surface area contributed by atoms with Gasteiger partial charge in [0, 0.05) is 5.56 Å². The van der Waals surface area contributed by atoms with E-state index < -0.39 is 28.8 Å². The zero-order valence-electron chi connectivity index (χ0n) is 13.5.